The monoisotopic (exact) mass is 956 g/mol. The largest absolute Gasteiger partial charge is 3.00 e. The van der Waals surface area contributed by atoms with Gasteiger partial charge in [0.1, 0.15) is 5.58 Å². The van der Waals surface area contributed by atoms with E-state index >= 15 is 0 Å². The molecule has 0 N–H and O–H groups in total. The van der Waals surface area contributed by atoms with Crippen molar-refractivity contribution in [2.45, 2.75) is 72.2 Å². The molecule has 6 aromatic carbocycles. The zero-order valence-corrected chi connectivity index (χ0v) is 37.5. The van der Waals surface area contributed by atoms with E-state index in [9.17, 15) is 0 Å². The molecule has 8 aromatic rings. The molecule has 2 aromatic heterocycles. The molecule has 0 radical (unpaired) electrons. The number of furan rings is 1. The minimum Gasteiger partial charge on any atom is -0.661 e. The summed E-state index contributed by atoms with van der Waals surface area (Å²) >= 11 is 0. The first kappa shape index (κ1) is 37.0. The van der Waals surface area contributed by atoms with Gasteiger partial charge in [-0.15, -0.1) is 47.1 Å². The number of hydrogen-bond acceptors (Lipinski definition) is 3. The van der Waals surface area contributed by atoms with Crippen LogP contribution in [-0.4, -0.2) is 13.1 Å². The van der Waals surface area contributed by atoms with Crippen LogP contribution in [-0.2, 0) is 20.1 Å². The van der Waals surface area contributed by atoms with Crippen molar-refractivity contribution in [1.29, 1.82) is 0 Å². The molecular weight excluding hydrogens is 903 g/mol. The van der Waals surface area contributed by atoms with Crippen LogP contribution in [0.1, 0.15) is 72.1 Å². The fourth-order valence-electron chi connectivity index (χ4n) is 7.60. The number of nitrogens with zero attached hydrogens (tertiary/aromatic N) is 3. The summed E-state index contributed by atoms with van der Waals surface area (Å²) in [5.41, 5.74) is 13.3. The SMILES string of the molecule is CC(C)c1cc(-c2ccccc2)cc(C(C)C)c1N1c2ccccc2[N-]C1c1[c-]cc2oc3ccccc3c2c1.[2H]C([2H])([2H])c1c[c-]c(-c2ccc([Si](C)(C)C)cn2)cc1.[Ir+3]. The summed E-state index contributed by atoms with van der Waals surface area (Å²) in [7, 11) is -1.34. The van der Waals surface area contributed by atoms with Gasteiger partial charge in [-0.1, -0.05) is 138 Å². The quantitative estimate of drug-likeness (QED) is 0.118. The molecule has 3 heterocycles. The van der Waals surface area contributed by atoms with Gasteiger partial charge in [0.25, 0.3) is 0 Å². The molecule has 0 saturated heterocycles. The molecule has 292 valence electrons. The summed E-state index contributed by atoms with van der Waals surface area (Å²) in [6.07, 6.45) is 1.70. The zero-order chi connectivity index (χ0) is 42.3. The van der Waals surface area contributed by atoms with Crippen LogP contribution in [0.15, 0.2) is 144 Å². The summed E-state index contributed by atoms with van der Waals surface area (Å²) in [5, 5.41) is 8.82. The van der Waals surface area contributed by atoms with E-state index in [1.807, 2.05) is 30.5 Å². The summed E-state index contributed by atoms with van der Waals surface area (Å²) in [5.74, 6) is 0.655. The zero-order valence-electron chi connectivity index (χ0n) is 37.1. The standard InChI is InChI=1S/C37H32N2O.C15H18NSi.Ir/c1-23(2)29-21-27(25-12-6-5-7-13-25)22-30(24(3)4)36(29)39-33-16-10-9-15-32(33)38-37(39)26-18-19-35-31(20-26)28-14-8-11-17-34(28)40-35;1-12-5-7-13(8-6-12)15-10-9-14(11-16-15)17(2,3)4;/h5-17,19-24,37H,1-4H3;5-7,9-11H,1-4H3;/q-2;-1;+3/i;1D3;. The topological polar surface area (TPSA) is 43.4 Å². The van der Waals surface area contributed by atoms with Crippen molar-refractivity contribution < 1.29 is 28.6 Å². The predicted octanol–water partition coefficient (Wildman–Crippen LogP) is 14.6. The average molecular weight is 956 g/mol. The fraction of sp³-hybridized carbons (Fsp3) is 0.212. The van der Waals surface area contributed by atoms with Gasteiger partial charge in [-0.05, 0) is 75.4 Å². The molecule has 1 aliphatic heterocycles. The fourth-order valence-corrected chi connectivity index (χ4v) is 8.64. The van der Waals surface area contributed by atoms with Crippen LogP contribution in [0.3, 0.4) is 0 Å². The van der Waals surface area contributed by atoms with Gasteiger partial charge >= 0.3 is 20.1 Å². The number of anilines is 2. The van der Waals surface area contributed by atoms with Gasteiger partial charge in [0.2, 0.25) is 0 Å². The first-order valence-corrected chi connectivity index (χ1v) is 23.3. The Balaban J connectivity index is 0.000000226. The Morgan fingerprint density at radius 1 is 0.724 bits per heavy atom. The predicted molar refractivity (Wildman–Crippen MR) is 243 cm³/mol. The molecule has 1 unspecified atom stereocenters. The average Bonchev–Trinajstić information content (AvgIpc) is 3.81. The molecule has 0 spiro atoms. The number of para-hydroxylation sites is 3. The van der Waals surface area contributed by atoms with Crippen molar-refractivity contribution in [2.24, 2.45) is 0 Å². The van der Waals surface area contributed by atoms with E-state index in [2.05, 4.69) is 160 Å². The van der Waals surface area contributed by atoms with E-state index in [0.717, 1.165) is 50.1 Å². The smallest absolute Gasteiger partial charge is 0.661 e. The second-order valence-corrected chi connectivity index (χ2v) is 21.6. The van der Waals surface area contributed by atoms with Crippen LogP contribution in [0, 0.1) is 19.0 Å². The van der Waals surface area contributed by atoms with Crippen LogP contribution < -0.4 is 10.1 Å². The van der Waals surface area contributed by atoms with Crippen LogP contribution in [0.5, 0.6) is 0 Å². The minimum absolute atomic E-state index is 0. The van der Waals surface area contributed by atoms with Gasteiger partial charge in [-0.25, -0.2) is 0 Å². The second-order valence-electron chi connectivity index (χ2n) is 16.5. The summed E-state index contributed by atoms with van der Waals surface area (Å²) in [4.78, 5) is 6.92. The van der Waals surface area contributed by atoms with Gasteiger partial charge in [0.15, 0.2) is 0 Å². The summed E-state index contributed by atoms with van der Waals surface area (Å²) < 4.78 is 28.2. The molecule has 9 rings (SSSR count). The van der Waals surface area contributed by atoms with Crippen molar-refractivity contribution in [1.82, 2.24) is 4.98 Å². The van der Waals surface area contributed by atoms with Crippen LogP contribution in [0.25, 0.3) is 49.6 Å². The van der Waals surface area contributed by atoms with Gasteiger partial charge < -0.3 is 19.6 Å². The Morgan fingerprint density at radius 2 is 1.43 bits per heavy atom. The van der Waals surface area contributed by atoms with E-state index in [4.69, 9.17) is 13.8 Å². The van der Waals surface area contributed by atoms with Crippen molar-refractivity contribution >= 4 is 52.3 Å². The van der Waals surface area contributed by atoms with Gasteiger partial charge in [0.05, 0.1) is 8.07 Å². The second kappa shape index (κ2) is 16.9. The van der Waals surface area contributed by atoms with Crippen molar-refractivity contribution in [3.05, 3.63) is 179 Å². The Morgan fingerprint density at radius 3 is 2.09 bits per heavy atom. The van der Waals surface area contributed by atoms with E-state index in [1.165, 1.54) is 39.2 Å². The van der Waals surface area contributed by atoms with Crippen molar-refractivity contribution in [3.63, 3.8) is 0 Å². The maximum absolute atomic E-state index is 7.35. The molecule has 1 aliphatic rings. The maximum Gasteiger partial charge on any atom is 3.00 e. The van der Waals surface area contributed by atoms with Crippen LogP contribution >= 0.6 is 0 Å². The van der Waals surface area contributed by atoms with Crippen molar-refractivity contribution in [2.75, 3.05) is 4.90 Å². The number of rotatable bonds is 7. The number of fused-ring (bicyclic) bond motifs is 4. The molecule has 58 heavy (non-hydrogen) atoms. The molecule has 1 atom stereocenters. The molecule has 0 amide bonds. The summed E-state index contributed by atoms with van der Waals surface area (Å²) in [6, 6.07) is 52.0. The third-order valence-electron chi connectivity index (χ3n) is 10.7. The Bertz CT molecular complexity index is 2690. The number of benzene rings is 6. The Hall–Kier alpha value is -5.26. The van der Waals surface area contributed by atoms with E-state index in [0.29, 0.717) is 17.4 Å². The first-order valence-electron chi connectivity index (χ1n) is 21.3. The number of aromatic nitrogens is 1. The molecule has 0 fully saturated rings. The van der Waals surface area contributed by atoms with Crippen molar-refractivity contribution in [3.8, 4) is 22.4 Å². The number of aryl methyl sites for hydroxylation is 1. The molecule has 0 saturated carbocycles. The normalized spacial score (nSPS) is 14.6. The minimum atomic E-state index is -2.08. The van der Waals surface area contributed by atoms with E-state index in [1.54, 1.807) is 12.1 Å². The van der Waals surface area contributed by atoms with Gasteiger partial charge in [-0.3, -0.25) is 0 Å². The van der Waals surface area contributed by atoms with Crippen LogP contribution in [0.4, 0.5) is 17.1 Å². The molecule has 0 bridgehead atoms. The van der Waals surface area contributed by atoms with Gasteiger partial charge in [0, 0.05) is 32.7 Å². The first-order chi connectivity index (χ1) is 28.7. The maximum atomic E-state index is 7.35. The third-order valence-corrected chi connectivity index (χ3v) is 12.8. The van der Waals surface area contributed by atoms with E-state index in [-0.39, 0.29) is 26.3 Å². The van der Waals surface area contributed by atoms with E-state index < -0.39 is 14.9 Å². The number of pyridine rings is 1. The number of hydrogen-bond donors (Lipinski definition) is 0. The molecule has 6 heteroatoms. The van der Waals surface area contributed by atoms with Gasteiger partial charge in [-0.2, -0.15) is 17.7 Å². The Kier molecular flexibility index (Phi) is 10.8. The van der Waals surface area contributed by atoms with Crippen LogP contribution in [0.2, 0.25) is 19.6 Å². The Labute approximate surface area is 362 Å². The molecular formula is C52H50IrN3OSi. The third kappa shape index (κ3) is 8.20. The molecule has 0 aliphatic carbocycles. The summed E-state index contributed by atoms with van der Waals surface area (Å²) in [6.45, 7) is 13.9. The molecule has 4 nitrogen and oxygen atoms in total.